The van der Waals surface area contributed by atoms with Gasteiger partial charge >= 0.3 is 5.69 Å². The van der Waals surface area contributed by atoms with Crippen LogP contribution in [-0.2, 0) is 6.54 Å². The maximum absolute atomic E-state index is 11.6. The predicted molar refractivity (Wildman–Crippen MR) is 60.6 cm³/mol. The summed E-state index contributed by atoms with van der Waals surface area (Å²) < 4.78 is 1.61. The Morgan fingerprint density at radius 2 is 2.31 bits per heavy atom. The first-order chi connectivity index (χ1) is 7.68. The van der Waals surface area contributed by atoms with E-state index in [1.54, 1.807) is 16.7 Å². The highest BCUT2D eigenvalue weighted by Crippen LogP contribution is 2.23. The molecule has 2 aliphatic rings. The summed E-state index contributed by atoms with van der Waals surface area (Å²) in [7, 11) is 0. The van der Waals surface area contributed by atoms with Crippen molar-refractivity contribution in [2.75, 3.05) is 0 Å². The van der Waals surface area contributed by atoms with Gasteiger partial charge in [-0.05, 0) is 24.1 Å². The average Bonchev–Trinajstić information content (AvgIpc) is 2.68. The Balaban J connectivity index is 2.52. The Hall–Kier alpha value is -1.55. The summed E-state index contributed by atoms with van der Waals surface area (Å²) in [6.45, 7) is 0.592. The number of alkyl halides is 1. The highest BCUT2D eigenvalue weighted by atomic mass is 35.5. The maximum Gasteiger partial charge on any atom is 0.348 e. The van der Waals surface area contributed by atoms with Crippen molar-refractivity contribution in [2.24, 2.45) is 0 Å². The molecule has 0 bridgehead atoms. The molecule has 1 aromatic rings. The van der Waals surface area contributed by atoms with E-state index < -0.39 is 5.38 Å². The number of allylic oxidation sites excluding steroid dienone is 2. The lowest BCUT2D eigenvalue weighted by Crippen LogP contribution is -2.42. The third kappa shape index (κ3) is 1.16. The van der Waals surface area contributed by atoms with Gasteiger partial charge in [0.05, 0.1) is 5.35 Å². The van der Waals surface area contributed by atoms with E-state index in [9.17, 15) is 9.90 Å². The van der Waals surface area contributed by atoms with E-state index in [0.29, 0.717) is 13.0 Å². The number of hydrogen-bond acceptors (Lipinski definition) is 3. The van der Waals surface area contributed by atoms with Crippen molar-refractivity contribution in [3.05, 3.63) is 39.1 Å². The van der Waals surface area contributed by atoms with Crippen LogP contribution in [-0.4, -0.2) is 20.0 Å². The third-order valence-electron chi connectivity index (χ3n) is 3.00. The van der Waals surface area contributed by atoms with Crippen LogP contribution >= 0.6 is 11.6 Å². The molecule has 2 heterocycles. The van der Waals surface area contributed by atoms with Crippen LogP contribution in [0.1, 0.15) is 6.42 Å². The van der Waals surface area contributed by atoms with Crippen LogP contribution in [0, 0.1) is 0 Å². The molecule has 5 heteroatoms. The predicted octanol–water partition coefficient (Wildman–Crippen LogP) is -0.359. The van der Waals surface area contributed by atoms with Crippen LogP contribution in [0.3, 0.4) is 0 Å². The van der Waals surface area contributed by atoms with Crippen LogP contribution < -0.4 is 16.3 Å². The molecule has 0 fully saturated rings. The minimum absolute atomic E-state index is 0.119. The molecule has 82 valence electrons. The minimum atomic E-state index is -0.534. The number of rotatable bonds is 0. The largest absolute Gasteiger partial charge is 0.510 e. The minimum Gasteiger partial charge on any atom is -0.510 e. The lowest BCUT2D eigenvalue weighted by atomic mass is 10.1. The number of aliphatic hydroxyl groups is 1. The van der Waals surface area contributed by atoms with E-state index in [4.69, 9.17) is 11.6 Å². The highest BCUT2D eigenvalue weighted by molar-refractivity contribution is 6.27. The fourth-order valence-corrected chi connectivity index (χ4v) is 2.52. The number of hydrogen-bond donors (Lipinski definition) is 1. The normalized spacial score (nSPS) is 22.2. The van der Waals surface area contributed by atoms with Crippen molar-refractivity contribution in [2.45, 2.75) is 18.3 Å². The van der Waals surface area contributed by atoms with E-state index in [1.807, 2.05) is 0 Å². The van der Waals surface area contributed by atoms with Gasteiger partial charge in [0.1, 0.15) is 11.1 Å². The van der Waals surface area contributed by atoms with E-state index in [-0.39, 0.29) is 11.4 Å². The van der Waals surface area contributed by atoms with Crippen LogP contribution in [0.15, 0.2) is 22.8 Å². The molecular formula is C11H9ClN2O2. The summed E-state index contributed by atoms with van der Waals surface area (Å²) in [5.41, 5.74) is 0.645. The molecule has 1 unspecified atom stereocenters. The molecule has 1 aliphatic heterocycles. The van der Waals surface area contributed by atoms with Crippen molar-refractivity contribution in [3.8, 4) is 0 Å². The van der Waals surface area contributed by atoms with Crippen molar-refractivity contribution < 1.29 is 5.11 Å². The molecule has 1 aromatic heterocycles. The van der Waals surface area contributed by atoms with Gasteiger partial charge in [-0.1, -0.05) is 0 Å². The summed E-state index contributed by atoms with van der Waals surface area (Å²) in [5, 5.41) is 10.8. The molecule has 1 atom stereocenters. The molecule has 3 rings (SSSR count). The zero-order chi connectivity index (χ0) is 11.3. The van der Waals surface area contributed by atoms with E-state index in [0.717, 1.165) is 16.1 Å². The fraction of sp³-hybridized carbons (Fsp3) is 0.273. The summed E-state index contributed by atoms with van der Waals surface area (Å²) in [5.74, 6) is 0.119. The number of aromatic nitrogens is 2. The second-order valence-electron chi connectivity index (χ2n) is 3.89. The van der Waals surface area contributed by atoms with Crippen molar-refractivity contribution in [1.82, 2.24) is 9.55 Å². The molecule has 4 nitrogen and oxygen atoms in total. The second-order valence-corrected chi connectivity index (χ2v) is 4.33. The van der Waals surface area contributed by atoms with Gasteiger partial charge in [0.25, 0.3) is 0 Å². The molecular weight excluding hydrogens is 228 g/mol. The van der Waals surface area contributed by atoms with Gasteiger partial charge < -0.3 is 5.11 Å². The Morgan fingerprint density at radius 3 is 3.12 bits per heavy atom. The molecule has 0 saturated carbocycles. The van der Waals surface area contributed by atoms with Crippen LogP contribution in [0.5, 0.6) is 0 Å². The molecule has 16 heavy (non-hydrogen) atoms. The van der Waals surface area contributed by atoms with Crippen molar-refractivity contribution >= 4 is 23.3 Å². The van der Waals surface area contributed by atoms with Crippen molar-refractivity contribution in [3.63, 3.8) is 0 Å². The van der Waals surface area contributed by atoms with Gasteiger partial charge in [-0.3, -0.25) is 4.57 Å². The fourth-order valence-electron chi connectivity index (χ4n) is 2.23. The molecule has 0 aromatic carbocycles. The highest BCUT2D eigenvalue weighted by Gasteiger charge is 2.24. The SMILES string of the molecule is O=c1ncc2c3n1CCC=3C(Cl)C(O)=CC=2. The molecule has 1 N–H and O–H groups in total. The zero-order valence-corrected chi connectivity index (χ0v) is 9.11. The van der Waals surface area contributed by atoms with Gasteiger partial charge in [-0.15, -0.1) is 11.6 Å². The van der Waals surface area contributed by atoms with Crippen LogP contribution in [0.4, 0.5) is 0 Å². The first-order valence-corrected chi connectivity index (χ1v) is 5.46. The first-order valence-electron chi connectivity index (χ1n) is 5.02. The molecule has 0 spiro atoms. The van der Waals surface area contributed by atoms with Crippen LogP contribution in [0.25, 0.3) is 11.6 Å². The second kappa shape index (κ2) is 3.22. The molecule has 0 amide bonds. The van der Waals surface area contributed by atoms with Gasteiger partial charge in [0.2, 0.25) is 0 Å². The summed E-state index contributed by atoms with van der Waals surface area (Å²) >= 11 is 6.14. The quantitative estimate of drug-likeness (QED) is 0.626. The summed E-state index contributed by atoms with van der Waals surface area (Å²) in [6.07, 6.45) is 5.51. The molecule has 1 aliphatic carbocycles. The smallest absolute Gasteiger partial charge is 0.348 e. The number of halogens is 1. The van der Waals surface area contributed by atoms with Gasteiger partial charge in [0.15, 0.2) is 0 Å². The monoisotopic (exact) mass is 236 g/mol. The number of nitrogens with zero attached hydrogens (tertiary/aromatic N) is 2. The Labute approximate surface area is 95.8 Å². The molecule has 0 radical (unpaired) electrons. The first kappa shape index (κ1) is 9.66. The summed E-state index contributed by atoms with van der Waals surface area (Å²) in [4.78, 5) is 15.3. The van der Waals surface area contributed by atoms with Gasteiger partial charge in [-0.25, -0.2) is 9.78 Å². The van der Waals surface area contributed by atoms with Crippen molar-refractivity contribution in [1.29, 1.82) is 0 Å². The average molecular weight is 237 g/mol. The summed E-state index contributed by atoms with van der Waals surface area (Å²) in [6, 6.07) is 0. The molecule has 0 saturated heterocycles. The Bertz CT molecular complexity index is 672. The van der Waals surface area contributed by atoms with E-state index >= 15 is 0 Å². The maximum atomic E-state index is 11.6. The Kier molecular flexibility index (Phi) is 1.94. The topological polar surface area (TPSA) is 55.1 Å². The lowest BCUT2D eigenvalue weighted by molar-refractivity contribution is 0.405. The standard InChI is InChI=1S/C11H9ClN2O2/c12-9-7-3-4-14-10(7)6(1-2-8(9)15)5-13-11(14)16/h1-2,5,9,15H,3-4H2. The Morgan fingerprint density at radius 1 is 1.50 bits per heavy atom. The van der Waals surface area contributed by atoms with E-state index in [2.05, 4.69) is 4.98 Å². The van der Waals surface area contributed by atoms with Gasteiger partial charge in [0, 0.05) is 18.0 Å². The number of aliphatic hydroxyl groups excluding tert-OH is 1. The lowest BCUT2D eigenvalue weighted by Gasteiger charge is -2.07. The zero-order valence-electron chi connectivity index (χ0n) is 8.35. The van der Waals surface area contributed by atoms with Crippen LogP contribution in [0.2, 0.25) is 0 Å². The van der Waals surface area contributed by atoms with E-state index in [1.165, 1.54) is 6.20 Å². The van der Waals surface area contributed by atoms with Gasteiger partial charge in [-0.2, -0.15) is 0 Å². The third-order valence-corrected chi connectivity index (χ3v) is 3.48.